The molecule has 0 bridgehead atoms. The first-order valence-electron chi connectivity index (χ1n) is 20.3. The van der Waals surface area contributed by atoms with Crippen LogP contribution in [-0.2, 0) is 37.5 Å². The van der Waals surface area contributed by atoms with Crippen LogP contribution in [0.5, 0.6) is 5.75 Å². The highest BCUT2D eigenvalue weighted by Crippen LogP contribution is 2.45. The molecule has 12 nitrogen and oxygen atoms in total. The molecule has 4 aromatic rings. The van der Waals surface area contributed by atoms with Crippen molar-refractivity contribution in [1.29, 1.82) is 0 Å². The molecule has 7 rings (SSSR count). The van der Waals surface area contributed by atoms with Crippen molar-refractivity contribution in [3.63, 3.8) is 0 Å². The second kappa shape index (κ2) is 18.5. The summed E-state index contributed by atoms with van der Waals surface area (Å²) < 4.78 is 41.2. The molecule has 3 amide bonds. The monoisotopic (exact) mass is 807 g/mol. The number of hydrogen-bond acceptors (Lipinski definition) is 8. The minimum Gasteiger partial charge on any atom is -0.489 e. The number of benzene rings is 3. The fourth-order valence-corrected chi connectivity index (χ4v) is 9.26. The van der Waals surface area contributed by atoms with Gasteiger partial charge in [0.25, 0.3) is 5.91 Å². The zero-order chi connectivity index (χ0) is 40.6. The minimum atomic E-state index is -3.91. The van der Waals surface area contributed by atoms with Gasteiger partial charge in [-0.1, -0.05) is 37.5 Å². The number of carbonyl (C=O) groups excluding carboxylic acids is 3. The average Bonchev–Trinajstić information content (AvgIpc) is 3.81. The molecule has 0 atom stereocenters. The van der Waals surface area contributed by atoms with E-state index in [0.717, 1.165) is 90.8 Å². The van der Waals surface area contributed by atoms with Gasteiger partial charge in [0.2, 0.25) is 21.8 Å². The lowest BCUT2D eigenvalue weighted by Crippen LogP contribution is -2.37. The Kier molecular flexibility index (Phi) is 13.0. The smallest absolute Gasteiger partial charge is 0.264 e. The first-order chi connectivity index (χ1) is 28.2. The topological polar surface area (TPSA) is 139 Å². The molecular formula is C45H53N5O7S. The Hall–Kier alpha value is -5.40. The van der Waals surface area contributed by atoms with Gasteiger partial charge in [-0.15, -0.1) is 13.2 Å². The van der Waals surface area contributed by atoms with Crippen LogP contribution in [0.1, 0.15) is 78.8 Å². The Morgan fingerprint density at radius 3 is 2.40 bits per heavy atom. The van der Waals surface area contributed by atoms with E-state index in [4.69, 9.17) is 9.47 Å². The number of aromatic nitrogens is 1. The number of rotatable bonds is 16. The van der Waals surface area contributed by atoms with Gasteiger partial charge in [0.15, 0.2) is 0 Å². The molecule has 1 saturated carbocycles. The third kappa shape index (κ3) is 9.32. The fourth-order valence-electron chi connectivity index (χ4n) is 8.47. The summed E-state index contributed by atoms with van der Waals surface area (Å²) in [6.45, 7) is 11.5. The Labute approximate surface area is 340 Å². The van der Waals surface area contributed by atoms with E-state index < -0.39 is 15.9 Å². The third-order valence-corrected chi connectivity index (χ3v) is 12.4. The molecular weight excluding hydrogens is 755 g/mol. The maximum atomic E-state index is 13.5. The van der Waals surface area contributed by atoms with Crippen LogP contribution in [0, 0.1) is 0 Å². The molecule has 3 aliphatic rings. The van der Waals surface area contributed by atoms with Crippen LogP contribution in [0.4, 0.5) is 11.4 Å². The molecule has 1 aliphatic carbocycles. The van der Waals surface area contributed by atoms with Crippen LogP contribution in [-0.4, -0.2) is 75.9 Å². The number of sulfonamides is 1. The highest BCUT2D eigenvalue weighted by molar-refractivity contribution is 7.90. The van der Waals surface area contributed by atoms with Gasteiger partial charge in [-0.05, 0) is 97.3 Å². The number of nitrogens with one attached hydrogen (secondary N) is 2. The molecule has 306 valence electrons. The summed E-state index contributed by atoms with van der Waals surface area (Å²) in [5, 5.41) is 3.92. The number of carbonyl (C=O) groups is 3. The maximum Gasteiger partial charge on any atom is 0.264 e. The van der Waals surface area contributed by atoms with Gasteiger partial charge in [0.1, 0.15) is 18.9 Å². The van der Waals surface area contributed by atoms with E-state index in [1.807, 2.05) is 45.9 Å². The maximum absolute atomic E-state index is 13.5. The van der Waals surface area contributed by atoms with Crippen LogP contribution >= 0.6 is 0 Å². The van der Waals surface area contributed by atoms with Crippen molar-refractivity contribution in [3.05, 3.63) is 103 Å². The standard InChI is InChI=1S/C45H53N5O7S/c1-3-5-21-46-41(51)30-50-40-29-34(45(53)47-58(54,55)27-4-2)15-19-38(40)43(32-10-7-6-8-11-32)44(50)33-13-17-37(18-14-33)57-31-35-28-36(49-22-9-12-42(49)52)16-20-39(35)48-23-25-56-26-24-48/h3-4,13-20,28-29,32H,1-2,5-12,21-27,30-31H2,(H,46,51)(H,47,53). The molecule has 0 unspecified atom stereocenters. The molecule has 3 aromatic carbocycles. The third-order valence-electron chi connectivity index (χ3n) is 11.3. The van der Waals surface area contributed by atoms with Gasteiger partial charge < -0.3 is 29.2 Å². The van der Waals surface area contributed by atoms with Crippen molar-refractivity contribution in [3.8, 4) is 17.0 Å². The van der Waals surface area contributed by atoms with Crippen molar-refractivity contribution < 1.29 is 32.3 Å². The fraction of sp³-hybridized carbons (Fsp3) is 0.400. The Morgan fingerprint density at radius 1 is 0.914 bits per heavy atom. The molecule has 1 aromatic heterocycles. The number of anilines is 2. The molecule has 2 aliphatic heterocycles. The molecule has 58 heavy (non-hydrogen) atoms. The van der Waals surface area contributed by atoms with Crippen LogP contribution in [0.2, 0.25) is 0 Å². The average molecular weight is 808 g/mol. The number of morpholine rings is 1. The zero-order valence-corrected chi connectivity index (χ0v) is 33.9. The largest absolute Gasteiger partial charge is 0.489 e. The first kappa shape index (κ1) is 40.8. The van der Waals surface area contributed by atoms with E-state index in [-0.39, 0.29) is 35.6 Å². The predicted molar refractivity (Wildman–Crippen MR) is 228 cm³/mol. The number of fused-ring (bicyclic) bond motifs is 1. The molecule has 13 heteroatoms. The van der Waals surface area contributed by atoms with Gasteiger partial charge in [-0.3, -0.25) is 14.4 Å². The second-order valence-corrected chi connectivity index (χ2v) is 17.0. The highest BCUT2D eigenvalue weighted by Gasteiger charge is 2.29. The van der Waals surface area contributed by atoms with E-state index >= 15 is 0 Å². The van der Waals surface area contributed by atoms with Crippen molar-refractivity contribution in [1.82, 2.24) is 14.6 Å². The summed E-state index contributed by atoms with van der Waals surface area (Å²) in [6.07, 6.45) is 10.3. The highest BCUT2D eigenvalue weighted by atomic mass is 32.2. The van der Waals surface area contributed by atoms with Crippen molar-refractivity contribution in [2.45, 2.75) is 70.4 Å². The summed E-state index contributed by atoms with van der Waals surface area (Å²) in [6, 6.07) is 19.3. The number of nitrogens with zero attached hydrogens (tertiary/aromatic N) is 3. The summed E-state index contributed by atoms with van der Waals surface area (Å²) >= 11 is 0. The molecule has 0 spiro atoms. The Balaban J connectivity index is 1.25. The number of amides is 3. The lowest BCUT2D eigenvalue weighted by Gasteiger charge is -2.31. The summed E-state index contributed by atoms with van der Waals surface area (Å²) in [4.78, 5) is 43.6. The van der Waals surface area contributed by atoms with E-state index in [9.17, 15) is 22.8 Å². The van der Waals surface area contributed by atoms with Gasteiger partial charge >= 0.3 is 0 Å². The normalized spacial score (nSPS) is 16.4. The summed E-state index contributed by atoms with van der Waals surface area (Å²) in [5.41, 5.74) is 6.69. The Morgan fingerprint density at radius 2 is 1.69 bits per heavy atom. The SMILES string of the molecule is C=CCCNC(=O)Cn1c(-c2ccc(OCc3cc(N4CCCC4=O)ccc3N3CCOCC3)cc2)c(C2CCCCC2)c2ccc(C(=O)NS(=O)(=O)CC=C)cc21. The van der Waals surface area contributed by atoms with E-state index in [0.29, 0.717) is 57.0 Å². The minimum absolute atomic E-state index is 0.00599. The van der Waals surface area contributed by atoms with Crippen molar-refractivity contribution in [2.24, 2.45) is 0 Å². The number of hydrogen-bond donors (Lipinski definition) is 2. The molecule has 2 N–H and O–H groups in total. The molecule has 3 fully saturated rings. The van der Waals surface area contributed by atoms with Crippen LogP contribution in [0.25, 0.3) is 22.2 Å². The van der Waals surface area contributed by atoms with Gasteiger partial charge in [0.05, 0.1) is 30.2 Å². The Bertz CT molecular complexity index is 2270. The van der Waals surface area contributed by atoms with Crippen LogP contribution in [0.3, 0.4) is 0 Å². The van der Waals surface area contributed by atoms with E-state index in [1.165, 1.54) is 6.08 Å². The lowest BCUT2D eigenvalue weighted by atomic mass is 9.81. The quantitative estimate of drug-likeness (QED) is 0.0928. The summed E-state index contributed by atoms with van der Waals surface area (Å²) in [5.74, 6) is -0.289. The van der Waals surface area contributed by atoms with Gasteiger partial charge in [-0.2, -0.15) is 0 Å². The zero-order valence-electron chi connectivity index (χ0n) is 33.0. The predicted octanol–water partition coefficient (Wildman–Crippen LogP) is 6.84. The first-order valence-corrected chi connectivity index (χ1v) is 22.0. The van der Waals surface area contributed by atoms with Gasteiger partial charge in [-0.25, -0.2) is 13.1 Å². The van der Waals surface area contributed by atoms with E-state index in [2.05, 4.69) is 40.2 Å². The van der Waals surface area contributed by atoms with Crippen molar-refractivity contribution >= 4 is 50.0 Å². The number of ether oxygens (including phenoxy) is 2. The lowest BCUT2D eigenvalue weighted by molar-refractivity contribution is -0.121. The molecule has 2 saturated heterocycles. The molecule has 3 heterocycles. The second-order valence-electron chi connectivity index (χ2n) is 15.2. The van der Waals surface area contributed by atoms with Gasteiger partial charge in [0, 0.05) is 60.5 Å². The van der Waals surface area contributed by atoms with Crippen LogP contribution < -0.4 is 24.6 Å². The van der Waals surface area contributed by atoms with Crippen molar-refractivity contribution in [2.75, 3.05) is 54.9 Å². The summed E-state index contributed by atoms with van der Waals surface area (Å²) in [7, 11) is -3.91. The van der Waals surface area contributed by atoms with E-state index in [1.54, 1.807) is 18.2 Å². The van der Waals surface area contributed by atoms with Crippen LogP contribution in [0.15, 0.2) is 86.0 Å². The molecule has 0 radical (unpaired) electrons.